The Labute approximate surface area is 191 Å². The van der Waals surface area contributed by atoms with Crippen LogP contribution in [0.3, 0.4) is 0 Å². The van der Waals surface area contributed by atoms with E-state index in [9.17, 15) is 18.0 Å². The number of nitrogens with zero attached hydrogens (tertiary/aromatic N) is 3. The molecule has 0 aliphatic carbocycles. The number of carbonyl (C=O) groups excluding carboxylic acids is 1. The average molecular weight is 457 g/mol. The first-order valence-corrected chi connectivity index (χ1v) is 11.1. The predicted octanol–water partition coefficient (Wildman–Crippen LogP) is 5.81. The highest BCUT2D eigenvalue weighted by atomic mass is 19.4. The molecule has 174 valence electrons. The van der Waals surface area contributed by atoms with Gasteiger partial charge in [-0.05, 0) is 69.5 Å². The SMILES string of the molecule is Cc1cc(C(=O)Nc2cc(C(F)(F)F)ccc2N2CCCCC2)c(C)n1Cc1ccccn1. The van der Waals surface area contributed by atoms with E-state index in [2.05, 4.69) is 10.3 Å². The number of alkyl halides is 3. The minimum atomic E-state index is -4.49. The third-order valence-electron chi connectivity index (χ3n) is 6.13. The van der Waals surface area contributed by atoms with Gasteiger partial charge < -0.3 is 14.8 Å². The summed E-state index contributed by atoms with van der Waals surface area (Å²) in [7, 11) is 0. The summed E-state index contributed by atoms with van der Waals surface area (Å²) in [5.74, 6) is -0.423. The van der Waals surface area contributed by atoms with Gasteiger partial charge in [0.15, 0.2) is 0 Å². The first-order chi connectivity index (χ1) is 15.7. The van der Waals surface area contributed by atoms with Gasteiger partial charge in [0.2, 0.25) is 0 Å². The lowest BCUT2D eigenvalue weighted by molar-refractivity contribution is -0.137. The van der Waals surface area contributed by atoms with Gasteiger partial charge in [-0.3, -0.25) is 9.78 Å². The Kier molecular flexibility index (Phi) is 6.44. The minimum Gasteiger partial charge on any atom is -0.370 e. The zero-order valence-electron chi connectivity index (χ0n) is 18.7. The van der Waals surface area contributed by atoms with Crippen molar-refractivity contribution in [2.75, 3.05) is 23.3 Å². The Morgan fingerprint density at radius 1 is 1.06 bits per heavy atom. The maximum Gasteiger partial charge on any atom is 0.416 e. The van der Waals surface area contributed by atoms with Crippen LogP contribution in [0.4, 0.5) is 24.5 Å². The normalized spacial score (nSPS) is 14.4. The molecule has 1 fully saturated rings. The number of carbonyl (C=O) groups is 1. The number of anilines is 2. The fraction of sp³-hybridized carbons (Fsp3) is 0.360. The van der Waals surface area contributed by atoms with Gasteiger partial charge >= 0.3 is 6.18 Å². The second-order valence-electron chi connectivity index (χ2n) is 8.42. The number of benzene rings is 1. The van der Waals surface area contributed by atoms with Crippen LogP contribution >= 0.6 is 0 Å². The molecule has 1 saturated heterocycles. The van der Waals surface area contributed by atoms with Crippen LogP contribution in [0.5, 0.6) is 0 Å². The highest BCUT2D eigenvalue weighted by Gasteiger charge is 2.32. The fourth-order valence-electron chi connectivity index (χ4n) is 4.34. The Balaban J connectivity index is 1.64. The van der Waals surface area contributed by atoms with Gasteiger partial charge in [-0.25, -0.2) is 0 Å². The first-order valence-electron chi connectivity index (χ1n) is 11.1. The van der Waals surface area contributed by atoms with Crippen molar-refractivity contribution in [2.45, 2.75) is 45.8 Å². The number of pyridine rings is 1. The van der Waals surface area contributed by atoms with E-state index in [1.165, 1.54) is 6.07 Å². The maximum absolute atomic E-state index is 13.4. The average Bonchev–Trinajstić information content (AvgIpc) is 3.08. The van der Waals surface area contributed by atoms with Crippen LogP contribution in [0.15, 0.2) is 48.7 Å². The number of nitrogens with one attached hydrogen (secondary N) is 1. The van der Waals surface area contributed by atoms with Crippen molar-refractivity contribution in [3.8, 4) is 0 Å². The molecule has 4 rings (SSSR count). The van der Waals surface area contributed by atoms with Gasteiger partial charge in [0.1, 0.15) is 0 Å². The summed E-state index contributed by atoms with van der Waals surface area (Å²) in [6, 6.07) is 11.0. The summed E-state index contributed by atoms with van der Waals surface area (Å²) in [4.78, 5) is 19.6. The van der Waals surface area contributed by atoms with E-state index in [-0.39, 0.29) is 5.69 Å². The standard InChI is InChI=1S/C25H27F3N4O/c1-17-14-21(18(2)32(17)16-20-8-4-5-11-29-20)24(33)30-22-15-19(25(26,27)28)9-10-23(22)31-12-6-3-7-13-31/h4-5,8-11,14-15H,3,6-7,12-13,16H2,1-2H3,(H,30,33). The lowest BCUT2D eigenvalue weighted by Gasteiger charge is -2.31. The van der Waals surface area contributed by atoms with Crippen molar-refractivity contribution < 1.29 is 18.0 Å². The van der Waals surface area contributed by atoms with Gasteiger partial charge in [0.05, 0.1) is 34.7 Å². The number of piperidine rings is 1. The number of hydrogen-bond donors (Lipinski definition) is 1. The largest absolute Gasteiger partial charge is 0.416 e. The molecule has 0 atom stereocenters. The van der Waals surface area contributed by atoms with Gasteiger partial charge in [0, 0.05) is 30.7 Å². The first kappa shape index (κ1) is 22.9. The van der Waals surface area contributed by atoms with Crippen LogP contribution in [0, 0.1) is 13.8 Å². The van der Waals surface area contributed by atoms with Gasteiger partial charge in [-0.15, -0.1) is 0 Å². The highest BCUT2D eigenvalue weighted by Crippen LogP contribution is 2.36. The number of aryl methyl sites for hydroxylation is 1. The number of halogens is 3. The van der Waals surface area contributed by atoms with Crippen LogP contribution in [-0.4, -0.2) is 28.5 Å². The lowest BCUT2D eigenvalue weighted by Crippen LogP contribution is -2.30. The molecule has 1 N–H and O–H groups in total. The van der Waals surface area contributed by atoms with Crippen molar-refractivity contribution >= 4 is 17.3 Å². The molecule has 2 aromatic heterocycles. The molecule has 3 aromatic rings. The van der Waals surface area contributed by atoms with Crippen molar-refractivity contribution in [3.63, 3.8) is 0 Å². The Morgan fingerprint density at radius 2 is 1.82 bits per heavy atom. The molecular weight excluding hydrogens is 429 g/mol. The van der Waals surface area contributed by atoms with Crippen molar-refractivity contribution in [2.24, 2.45) is 0 Å². The zero-order valence-corrected chi connectivity index (χ0v) is 18.7. The molecule has 0 radical (unpaired) electrons. The molecule has 1 aromatic carbocycles. The van der Waals surface area contributed by atoms with Gasteiger partial charge in [-0.2, -0.15) is 13.2 Å². The second kappa shape index (κ2) is 9.29. The molecule has 3 heterocycles. The van der Waals surface area contributed by atoms with E-state index < -0.39 is 17.6 Å². The Bertz CT molecular complexity index is 1130. The molecule has 1 aliphatic heterocycles. The quantitative estimate of drug-likeness (QED) is 0.527. The van der Waals surface area contributed by atoms with Crippen molar-refractivity contribution in [3.05, 3.63) is 76.9 Å². The topological polar surface area (TPSA) is 50.2 Å². The summed E-state index contributed by atoms with van der Waals surface area (Å²) in [5.41, 5.74) is 2.94. The molecule has 5 nitrogen and oxygen atoms in total. The zero-order chi connectivity index (χ0) is 23.6. The third-order valence-corrected chi connectivity index (χ3v) is 6.13. The number of rotatable bonds is 5. The Hall–Kier alpha value is -3.29. The van der Waals surface area contributed by atoms with Crippen LogP contribution in [0.2, 0.25) is 0 Å². The van der Waals surface area contributed by atoms with Crippen molar-refractivity contribution in [1.29, 1.82) is 0 Å². The van der Waals surface area contributed by atoms with Gasteiger partial charge in [0.25, 0.3) is 5.91 Å². The van der Waals surface area contributed by atoms with E-state index >= 15 is 0 Å². The van der Waals surface area contributed by atoms with E-state index in [1.54, 1.807) is 12.3 Å². The van der Waals surface area contributed by atoms with Gasteiger partial charge in [-0.1, -0.05) is 6.07 Å². The molecule has 8 heteroatoms. The monoisotopic (exact) mass is 456 g/mol. The van der Waals surface area contributed by atoms with E-state index in [0.717, 1.165) is 61.6 Å². The van der Waals surface area contributed by atoms with Crippen molar-refractivity contribution in [1.82, 2.24) is 9.55 Å². The molecule has 0 bridgehead atoms. The lowest BCUT2D eigenvalue weighted by atomic mass is 10.1. The van der Waals surface area contributed by atoms with Crippen LogP contribution in [0.1, 0.15) is 52.3 Å². The van der Waals surface area contributed by atoms with E-state index in [0.29, 0.717) is 17.8 Å². The molecule has 1 amide bonds. The molecule has 0 spiro atoms. The number of hydrogen-bond acceptors (Lipinski definition) is 3. The summed E-state index contributed by atoms with van der Waals surface area (Å²) in [6.45, 7) is 5.76. The van der Waals surface area contributed by atoms with Crippen LogP contribution < -0.4 is 10.2 Å². The Morgan fingerprint density at radius 3 is 2.48 bits per heavy atom. The molecule has 0 unspecified atom stereocenters. The molecule has 1 aliphatic rings. The predicted molar refractivity (Wildman–Crippen MR) is 123 cm³/mol. The fourth-order valence-corrected chi connectivity index (χ4v) is 4.34. The molecule has 0 saturated carbocycles. The minimum absolute atomic E-state index is 0.186. The smallest absolute Gasteiger partial charge is 0.370 e. The summed E-state index contributed by atoms with van der Waals surface area (Å²) in [6.07, 6.45) is 0.276. The molecule has 33 heavy (non-hydrogen) atoms. The molecular formula is C25H27F3N4O. The summed E-state index contributed by atoms with van der Waals surface area (Å²) >= 11 is 0. The van der Waals surface area contributed by atoms with Crippen LogP contribution in [-0.2, 0) is 12.7 Å². The maximum atomic E-state index is 13.4. The highest BCUT2D eigenvalue weighted by molar-refractivity contribution is 6.07. The number of aromatic nitrogens is 2. The third kappa shape index (κ3) is 5.05. The summed E-state index contributed by atoms with van der Waals surface area (Å²) < 4.78 is 42.2. The van der Waals surface area contributed by atoms with Crippen LogP contribution in [0.25, 0.3) is 0 Å². The van der Waals surface area contributed by atoms with E-state index in [1.807, 2.05) is 41.5 Å². The number of amides is 1. The second-order valence-corrected chi connectivity index (χ2v) is 8.42. The summed E-state index contributed by atoms with van der Waals surface area (Å²) in [5, 5.41) is 2.77. The van der Waals surface area contributed by atoms with E-state index in [4.69, 9.17) is 0 Å².